The van der Waals surface area contributed by atoms with Gasteiger partial charge in [0.1, 0.15) is 35.4 Å². The molecule has 0 aliphatic rings. The molecule has 0 saturated carbocycles. The molecular weight excluding hydrogens is 553 g/mol. The minimum atomic E-state index is 0.103. The average Bonchev–Trinajstić information content (AvgIpc) is 3.74. The number of thiophene rings is 5. The van der Waals surface area contributed by atoms with Crippen LogP contribution in [0.15, 0.2) is 71.8 Å². The van der Waals surface area contributed by atoms with E-state index in [-0.39, 0.29) is 11.1 Å². The average molecular weight is 565 g/mol. The molecule has 0 aliphatic heterocycles. The first kappa shape index (κ1) is 24.6. The highest BCUT2D eigenvalue weighted by Gasteiger charge is 2.13. The van der Waals surface area contributed by atoms with Crippen LogP contribution in [0.25, 0.3) is 51.2 Å². The lowest BCUT2D eigenvalue weighted by Gasteiger charge is -1.92. The molecule has 9 heteroatoms. The molecule has 0 atom stereocenters. The van der Waals surface area contributed by atoms with E-state index in [2.05, 4.69) is 36.4 Å². The van der Waals surface area contributed by atoms with E-state index in [0.717, 1.165) is 29.3 Å². The van der Waals surface area contributed by atoms with E-state index >= 15 is 0 Å². The molecule has 5 rings (SSSR count). The monoisotopic (exact) mass is 564 g/mol. The summed E-state index contributed by atoms with van der Waals surface area (Å²) in [7, 11) is 0. The van der Waals surface area contributed by atoms with E-state index < -0.39 is 0 Å². The molecule has 0 amide bonds. The number of allylic oxidation sites excluding steroid dienone is 2. The second-order valence-corrected chi connectivity index (χ2v) is 12.9. The first-order chi connectivity index (χ1) is 18.1. The Labute approximate surface area is 233 Å². The number of hydrogen-bond acceptors (Lipinski definition) is 9. The van der Waals surface area contributed by atoms with Crippen molar-refractivity contribution in [1.82, 2.24) is 0 Å². The fourth-order valence-corrected chi connectivity index (χ4v) is 8.68. The topological polar surface area (TPSA) is 95.2 Å². The molecule has 5 aromatic heterocycles. The zero-order valence-corrected chi connectivity index (χ0v) is 22.8. The minimum absolute atomic E-state index is 0.103. The van der Waals surface area contributed by atoms with Gasteiger partial charge in [0.25, 0.3) is 0 Å². The number of nitrogens with zero attached hydrogens (tertiary/aromatic N) is 4. The lowest BCUT2D eigenvalue weighted by Crippen LogP contribution is -1.68. The van der Waals surface area contributed by atoms with Gasteiger partial charge in [-0.25, -0.2) is 0 Å². The maximum atomic E-state index is 8.98. The van der Waals surface area contributed by atoms with Crippen molar-refractivity contribution in [1.29, 1.82) is 21.0 Å². The molecule has 0 saturated heterocycles. The maximum absolute atomic E-state index is 8.98. The summed E-state index contributed by atoms with van der Waals surface area (Å²) < 4.78 is 0. The van der Waals surface area contributed by atoms with E-state index in [9.17, 15) is 0 Å². The lowest BCUT2D eigenvalue weighted by molar-refractivity contribution is 1.47. The van der Waals surface area contributed by atoms with Crippen molar-refractivity contribution in [3.8, 4) is 63.3 Å². The van der Waals surface area contributed by atoms with Crippen LogP contribution >= 0.6 is 56.7 Å². The summed E-state index contributed by atoms with van der Waals surface area (Å²) in [6.07, 6.45) is 3.24. The third-order valence-corrected chi connectivity index (χ3v) is 11.2. The Hall–Kier alpha value is -4.06. The Morgan fingerprint density at radius 1 is 0.405 bits per heavy atom. The number of hydrogen-bond donors (Lipinski definition) is 0. The normalized spacial score (nSPS) is 10.1. The van der Waals surface area contributed by atoms with E-state index in [1.54, 1.807) is 68.8 Å². The van der Waals surface area contributed by atoms with Crippen LogP contribution in [0.5, 0.6) is 0 Å². The molecule has 0 fully saturated rings. The van der Waals surface area contributed by atoms with Crippen LogP contribution in [0.4, 0.5) is 0 Å². The summed E-state index contributed by atoms with van der Waals surface area (Å²) >= 11 is 8.35. The molecule has 0 aromatic carbocycles. The van der Waals surface area contributed by atoms with Crippen LogP contribution in [0, 0.1) is 45.3 Å². The molecule has 0 unspecified atom stereocenters. The van der Waals surface area contributed by atoms with Crippen LogP contribution in [-0.4, -0.2) is 0 Å². The van der Waals surface area contributed by atoms with Gasteiger partial charge in [-0.1, -0.05) is 0 Å². The van der Waals surface area contributed by atoms with Gasteiger partial charge < -0.3 is 0 Å². The summed E-state index contributed by atoms with van der Waals surface area (Å²) in [4.78, 5) is 11.1. The van der Waals surface area contributed by atoms with Crippen molar-refractivity contribution in [3.63, 3.8) is 0 Å². The Morgan fingerprint density at radius 2 is 0.649 bits per heavy atom. The highest BCUT2D eigenvalue weighted by Crippen LogP contribution is 2.44. The Morgan fingerprint density at radius 3 is 0.919 bits per heavy atom. The van der Waals surface area contributed by atoms with Crippen LogP contribution in [0.1, 0.15) is 9.75 Å². The first-order valence-electron chi connectivity index (χ1n) is 10.6. The lowest BCUT2D eigenvalue weighted by atomic mass is 10.3. The molecule has 5 aromatic rings. The molecule has 37 heavy (non-hydrogen) atoms. The van der Waals surface area contributed by atoms with Gasteiger partial charge in [-0.2, -0.15) is 21.0 Å². The van der Waals surface area contributed by atoms with Gasteiger partial charge in [-0.15, -0.1) is 56.7 Å². The fourth-order valence-electron chi connectivity index (χ4n) is 3.40. The van der Waals surface area contributed by atoms with Crippen molar-refractivity contribution >= 4 is 68.8 Å². The van der Waals surface area contributed by atoms with Gasteiger partial charge in [0, 0.05) is 48.8 Å². The van der Waals surface area contributed by atoms with Gasteiger partial charge in [0.05, 0.1) is 0 Å². The van der Waals surface area contributed by atoms with Crippen LogP contribution in [0.3, 0.4) is 0 Å². The van der Waals surface area contributed by atoms with Gasteiger partial charge in [0.2, 0.25) is 0 Å². The van der Waals surface area contributed by atoms with E-state index in [1.165, 1.54) is 19.5 Å². The van der Waals surface area contributed by atoms with E-state index in [4.69, 9.17) is 21.0 Å². The summed E-state index contributed by atoms with van der Waals surface area (Å²) in [6.45, 7) is 0. The van der Waals surface area contributed by atoms with Gasteiger partial charge in [0.15, 0.2) is 0 Å². The molecule has 0 spiro atoms. The van der Waals surface area contributed by atoms with Crippen molar-refractivity contribution < 1.29 is 0 Å². The first-order valence-corrected chi connectivity index (χ1v) is 14.7. The van der Waals surface area contributed by atoms with Gasteiger partial charge in [-0.3, -0.25) is 0 Å². The molecule has 0 bridgehead atoms. The number of rotatable bonds is 6. The smallest absolute Gasteiger partial charge is 0.131 e. The fraction of sp³-hybridized carbons (Fsp3) is 0. The summed E-state index contributed by atoms with van der Waals surface area (Å²) in [5.41, 5.74) is 0.207. The largest absolute Gasteiger partial charge is 0.192 e. The second-order valence-electron chi connectivity index (χ2n) is 7.46. The predicted molar refractivity (Wildman–Crippen MR) is 156 cm³/mol. The third kappa shape index (κ3) is 5.38. The Bertz CT molecular complexity index is 1670. The molecule has 0 aliphatic carbocycles. The zero-order chi connectivity index (χ0) is 25.8. The SMILES string of the molecule is N#CC(C#N)=Cc1ccc(-c2ccc(-c3ccc(-c4ccc(-c5ccc(C=C(C#N)C#N)s5)s4)s3)s2)s1. The second kappa shape index (κ2) is 10.9. The Balaban J connectivity index is 1.34. The van der Waals surface area contributed by atoms with Crippen molar-refractivity contribution in [3.05, 3.63) is 81.6 Å². The summed E-state index contributed by atoms with van der Waals surface area (Å²) in [5.74, 6) is 0. The van der Waals surface area contributed by atoms with Crippen LogP contribution in [0.2, 0.25) is 0 Å². The number of nitriles is 4. The standard InChI is InChI=1S/C28H12N4S5/c29-13-17(14-30)11-19-1-3-21(33-19)23-5-7-25(35-23)27-9-10-28(37-27)26-8-6-24(36-26)22-4-2-20(34-22)12-18(15-31)16-32/h1-12H. The van der Waals surface area contributed by atoms with Crippen molar-refractivity contribution in [2.75, 3.05) is 0 Å². The van der Waals surface area contributed by atoms with Crippen molar-refractivity contribution in [2.24, 2.45) is 0 Å². The predicted octanol–water partition coefficient (Wildman–Crippen LogP) is 9.52. The molecule has 0 N–H and O–H groups in total. The highest BCUT2D eigenvalue weighted by molar-refractivity contribution is 7.29. The molecule has 5 heterocycles. The quantitative estimate of drug-likeness (QED) is 0.192. The van der Waals surface area contributed by atoms with Crippen LogP contribution in [-0.2, 0) is 0 Å². The maximum Gasteiger partial charge on any atom is 0.131 e. The third-order valence-electron chi connectivity index (χ3n) is 5.10. The van der Waals surface area contributed by atoms with E-state index in [1.807, 2.05) is 48.5 Å². The zero-order valence-electron chi connectivity index (χ0n) is 18.8. The minimum Gasteiger partial charge on any atom is -0.192 e. The summed E-state index contributed by atoms with van der Waals surface area (Å²) in [5, 5.41) is 35.9. The molecule has 4 nitrogen and oxygen atoms in total. The Kier molecular flexibility index (Phi) is 7.26. The van der Waals surface area contributed by atoms with Gasteiger partial charge >= 0.3 is 0 Å². The van der Waals surface area contributed by atoms with Gasteiger partial charge in [-0.05, 0) is 72.8 Å². The van der Waals surface area contributed by atoms with E-state index in [0.29, 0.717) is 0 Å². The molecular formula is C28H12N4S5. The summed E-state index contributed by atoms with van der Waals surface area (Å²) in [6, 6.07) is 28.3. The molecule has 0 radical (unpaired) electrons. The highest BCUT2D eigenvalue weighted by atomic mass is 32.1. The van der Waals surface area contributed by atoms with Crippen LogP contribution < -0.4 is 0 Å². The molecule has 174 valence electrons. The van der Waals surface area contributed by atoms with Crippen molar-refractivity contribution in [2.45, 2.75) is 0 Å².